The molecule has 0 saturated carbocycles. The Hall–Kier alpha value is -0.650. The number of hydrogen-bond donors (Lipinski definition) is 1. The van der Waals surface area contributed by atoms with Crippen molar-refractivity contribution in [1.82, 2.24) is 15.2 Å². The Balaban J connectivity index is 2.08. The average Bonchev–Trinajstić information content (AvgIpc) is 2.79. The summed E-state index contributed by atoms with van der Waals surface area (Å²) in [6, 6.07) is 0.516. The third kappa shape index (κ3) is 3.02. The Kier molecular flexibility index (Phi) is 4.59. The molecular formula is C13H24N4S. The van der Waals surface area contributed by atoms with Gasteiger partial charge in [0, 0.05) is 31.1 Å². The zero-order valence-corrected chi connectivity index (χ0v) is 12.7. The topological polar surface area (TPSA) is 31.4 Å². The first-order chi connectivity index (χ1) is 8.61. The summed E-state index contributed by atoms with van der Waals surface area (Å²) in [7, 11) is 8.41. The molecule has 0 saturated heterocycles. The van der Waals surface area contributed by atoms with E-state index in [0.717, 1.165) is 19.5 Å². The van der Waals surface area contributed by atoms with Crippen molar-refractivity contribution in [3.8, 4) is 0 Å². The van der Waals surface area contributed by atoms with Crippen molar-refractivity contribution in [2.24, 2.45) is 0 Å². The van der Waals surface area contributed by atoms with E-state index in [-0.39, 0.29) is 0 Å². The van der Waals surface area contributed by atoms with E-state index < -0.39 is 0 Å². The first-order valence-corrected chi connectivity index (χ1v) is 7.46. The highest BCUT2D eigenvalue weighted by Crippen LogP contribution is 2.36. The summed E-state index contributed by atoms with van der Waals surface area (Å²) in [5, 5.41) is 4.58. The molecule has 102 valence electrons. The van der Waals surface area contributed by atoms with Gasteiger partial charge in [0.2, 0.25) is 0 Å². The van der Waals surface area contributed by atoms with E-state index in [1.165, 1.54) is 28.5 Å². The molecule has 0 bridgehead atoms. The van der Waals surface area contributed by atoms with Gasteiger partial charge in [0.15, 0.2) is 5.13 Å². The molecule has 1 heterocycles. The maximum Gasteiger partial charge on any atom is 0.185 e. The number of aromatic nitrogens is 1. The predicted octanol–water partition coefficient (Wildman–Crippen LogP) is 1.74. The number of thiazole rings is 1. The summed E-state index contributed by atoms with van der Waals surface area (Å²) >= 11 is 1.86. The van der Waals surface area contributed by atoms with Gasteiger partial charge in [-0.2, -0.15) is 0 Å². The molecule has 5 heteroatoms. The van der Waals surface area contributed by atoms with Crippen LogP contribution in [-0.2, 0) is 6.42 Å². The number of nitrogens with zero attached hydrogens (tertiary/aromatic N) is 3. The van der Waals surface area contributed by atoms with Crippen LogP contribution >= 0.6 is 11.3 Å². The van der Waals surface area contributed by atoms with Gasteiger partial charge >= 0.3 is 0 Å². The molecule has 18 heavy (non-hydrogen) atoms. The second-order valence-corrected chi connectivity index (χ2v) is 6.27. The fourth-order valence-corrected chi connectivity index (χ4v) is 3.53. The Labute approximate surface area is 114 Å². The minimum atomic E-state index is 0.516. The predicted molar refractivity (Wildman–Crippen MR) is 78.7 cm³/mol. The highest BCUT2D eigenvalue weighted by atomic mass is 32.1. The Morgan fingerprint density at radius 2 is 2.11 bits per heavy atom. The molecule has 1 atom stereocenters. The number of likely N-dealkylation sites (N-methyl/N-ethyl adjacent to an activating group) is 2. The van der Waals surface area contributed by atoms with E-state index in [9.17, 15) is 0 Å². The van der Waals surface area contributed by atoms with Crippen LogP contribution in [0, 0.1) is 0 Å². The summed E-state index contributed by atoms with van der Waals surface area (Å²) in [4.78, 5) is 10.7. The van der Waals surface area contributed by atoms with Crippen molar-refractivity contribution in [2.45, 2.75) is 25.3 Å². The summed E-state index contributed by atoms with van der Waals surface area (Å²) in [5.74, 6) is 0. The number of fused-ring (bicyclic) bond motifs is 1. The van der Waals surface area contributed by atoms with E-state index in [0.29, 0.717) is 6.04 Å². The third-order valence-electron chi connectivity index (χ3n) is 3.50. The van der Waals surface area contributed by atoms with Crippen LogP contribution < -0.4 is 10.2 Å². The zero-order chi connectivity index (χ0) is 13.1. The Morgan fingerprint density at radius 1 is 1.33 bits per heavy atom. The van der Waals surface area contributed by atoms with Gasteiger partial charge in [0.1, 0.15) is 0 Å². The van der Waals surface area contributed by atoms with Gasteiger partial charge in [-0.05, 0) is 40.4 Å². The van der Waals surface area contributed by atoms with Crippen LogP contribution in [-0.4, -0.2) is 51.2 Å². The quantitative estimate of drug-likeness (QED) is 0.881. The van der Waals surface area contributed by atoms with Gasteiger partial charge in [-0.1, -0.05) is 11.3 Å². The smallest absolute Gasteiger partial charge is 0.185 e. The second-order valence-electron chi connectivity index (χ2n) is 5.27. The average molecular weight is 268 g/mol. The van der Waals surface area contributed by atoms with E-state index >= 15 is 0 Å². The largest absolute Gasteiger partial charge is 0.350 e. The molecule has 0 aromatic carbocycles. The van der Waals surface area contributed by atoms with Gasteiger partial charge in [-0.25, -0.2) is 4.98 Å². The minimum Gasteiger partial charge on any atom is -0.350 e. The molecule has 0 spiro atoms. The molecule has 0 fully saturated rings. The highest BCUT2D eigenvalue weighted by molar-refractivity contribution is 7.15. The SMILES string of the molecule is CNC1CCCc2nc(N(C)CCN(C)C)sc21. The number of rotatable bonds is 5. The van der Waals surface area contributed by atoms with Crippen LogP contribution in [0.2, 0.25) is 0 Å². The van der Waals surface area contributed by atoms with Crippen molar-refractivity contribution in [3.05, 3.63) is 10.6 Å². The molecule has 4 nitrogen and oxygen atoms in total. The highest BCUT2D eigenvalue weighted by Gasteiger charge is 2.24. The minimum absolute atomic E-state index is 0.516. The van der Waals surface area contributed by atoms with Crippen molar-refractivity contribution in [3.63, 3.8) is 0 Å². The van der Waals surface area contributed by atoms with Gasteiger partial charge in [0.25, 0.3) is 0 Å². The summed E-state index contributed by atoms with van der Waals surface area (Å²) < 4.78 is 0. The normalized spacial score (nSPS) is 19.1. The number of anilines is 1. The molecular weight excluding hydrogens is 244 g/mol. The number of aryl methyl sites for hydroxylation is 1. The maximum absolute atomic E-state index is 4.81. The lowest BCUT2D eigenvalue weighted by Crippen LogP contribution is -2.28. The summed E-state index contributed by atoms with van der Waals surface area (Å²) in [5.41, 5.74) is 1.32. The first-order valence-electron chi connectivity index (χ1n) is 6.64. The van der Waals surface area contributed by atoms with Crippen LogP contribution in [0.5, 0.6) is 0 Å². The molecule has 0 radical (unpaired) electrons. The standard InChI is InChI=1S/C13H24N4S/c1-14-10-6-5-7-11-12(10)18-13(15-11)17(4)9-8-16(2)3/h10,14H,5-9H2,1-4H3. The second kappa shape index (κ2) is 5.99. The van der Waals surface area contributed by atoms with Crippen LogP contribution in [0.15, 0.2) is 0 Å². The lowest BCUT2D eigenvalue weighted by molar-refractivity contribution is 0.416. The fraction of sp³-hybridized carbons (Fsp3) is 0.769. The molecule has 0 amide bonds. The van der Waals surface area contributed by atoms with Crippen LogP contribution in [0.1, 0.15) is 29.5 Å². The molecule has 1 aliphatic carbocycles. The lowest BCUT2D eigenvalue weighted by Gasteiger charge is -2.20. The molecule has 2 rings (SSSR count). The van der Waals surface area contributed by atoms with Gasteiger partial charge in [0.05, 0.1) is 5.69 Å². The van der Waals surface area contributed by atoms with Crippen molar-refractivity contribution < 1.29 is 0 Å². The van der Waals surface area contributed by atoms with Crippen LogP contribution in [0.25, 0.3) is 0 Å². The lowest BCUT2D eigenvalue weighted by atomic mass is 9.98. The first kappa shape index (κ1) is 13.8. The summed E-state index contributed by atoms with van der Waals surface area (Å²) in [6.45, 7) is 2.10. The van der Waals surface area contributed by atoms with E-state index in [1.54, 1.807) is 0 Å². The molecule has 1 N–H and O–H groups in total. The van der Waals surface area contributed by atoms with Gasteiger partial charge in [-0.15, -0.1) is 0 Å². The van der Waals surface area contributed by atoms with Crippen LogP contribution in [0.4, 0.5) is 5.13 Å². The Bertz CT molecular complexity index is 388. The van der Waals surface area contributed by atoms with Crippen molar-refractivity contribution in [1.29, 1.82) is 0 Å². The van der Waals surface area contributed by atoms with Crippen LogP contribution in [0.3, 0.4) is 0 Å². The van der Waals surface area contributed by atoms with E-state index in [4.69, 9.17) is 4.98 Å². The van der Waals surface area contributed by atoms with Crippen molar-refractivity contribution >= 4 is 16.5 Å². The molecule has 1 aliphatic rings. The number of nitrogens with one attached hydrogen (secondary N) is 1. The molecule has 1 aromatic heterocycles. The zero-order valence-electron chi connectivity index (χ0n) is 11.9. The third-order valence-corrected chi connectivity index (χ3v) is 4.82. The van der Waals surface area contributed by atoms with Gasteiger partial charge in [-0.3, -0.25) is 0 Å². The molecule has 1 aromatic rings. The maximum atomic E-state index is 4.81. The molecule has 1 unspecified atom stereocenters. The number of hydrogen-bond acceptors (Lipinski definition) is 5. The van der Waals surface area contributed by atoms with Crippen molar-refractivity contribution in [2.75, 3.05) is 46.2 Å². The Morgan fingerprint density at radius 3 is 2.78 bits per heavy atom. The monoisotopic (exact) mass is 268 g/mol. The fourth-order valence-electron chi connectivity index (χ4n) is 2.29. The van der Waals surface area contributed by atoms with E-state index in [2.05, 4.69) is 43.3 Å². The van der Waals surface area contributed by atoms with Gasteiger partial charge < -0.3 is 15.1 Å². The van der Waals surface area contributed by atoms with E-state index in [1.807, 2.05) is 11.3 Å². The summed E-state index contributed by atoms with van der Waals surface area (Å²) in [6.07, 6.45) is 3.64. The molecule has 0 aliphatic heterocycles.